The molecule has 1 saturated carbocycles. The van der Waals surface area contributed by atoms with Crippen LogP contribution in [0.5, 0.6) is 0 Å². The second-order valence-electron chi connectivity index (χ2n) is 13.7. The normalized spacial score (nSPS) is 35.2. The molecule has 4 aliphatic carbocycles. The third-order valence-corrected chi connectivity index (χ3v) is 11.8. The van der Waals surface area contributed by atoms with Crippen LogP contribution in [-0.2, 0) is 19.1 Å². The van der Waals surface area contributed by atoms with E-state index in [-0.39, 0.29) is 11.3 Å². The van der Waals surface area contributed by atoms with Crippen LogP contribution >= 0.6 is 0 Å². The predicted octanol–water partition coefficient (Wildman–Crippen LogP) is 8.00. The zero-order chi connectivity index (χ0) is 27.5. The van der Waals surface area contributed by atoms with Crippen molar-refractivity contribution in [2.45, 2.75) is 92.6 Å². The minimum atomic E-state index is -0.947. The highest BCUT2D eigenvalue weighted by Crippen LogP contribution is 2.67. The molecule has 5 rings (SSSR count). The fraction of sp³-hybridized carbons (Fsp3) is 0.647. The Kier molecular flexibility index (Phi) is 6.93. The van der Waals surface area contributed by atoms with E-state index in [1.54, 1.807) is 16.7 Å². The van der Waals surface area contributed by atoms with E-state index in [9.17, 15) is 9.59 Å². The Bertz CT molecular complexity index is 1160. The van der Waals surface area contributed by atoms with Crippen LogP contribution in [0.2, 0.25) is 0 Å². The van der Waals surface area contributed by atoms with Gasteiger partial charge in [-0.05, 0) is 95.7 Å². The fourth-order valence-electron chi connectivity index (χ4n) is 9.28. The lowest BCUT2D eigenvalue weighted by Gasteiger charge is -2.60. The summed E-state index contributed by atoms with van der Waals surface area (Å²) in [6.45, 7) is 14.7. The molecule has 0 spiro atoms. The Morgan fingerprint density at radius 1 is 0.947 bits per heavy atom. The van der Waals surface area contributed by atoms with Gasteiger partial charge in [0.1, 0.15) is 6.10 Å². The number of methoxy groups -OCH3 is 1. The molecule has 0 aromatic heterocycles. The van der Waals surface area contributed by atoms with E-state index >= 15 is 0 Å². The van der Waals surface area contributed by atoms with Gasteiger partial charge in [0, 0.05) is 5.92 Å². The average molecular weight is 519 g/mol. The maximum Gasteiger partial charge on any atom is 0.418 e. The Labute approximate surface area is 229 Å². The third-order valence-electron chi connectivity index (χ3n) is 11.8. The van der Waals surface area contributed by atoms with Crippen LogP contribution in [0.25, 0.3) is 0 Å². The Morgan fingerprint density at radius 3 is 2.34 bits per heavy atom. The maximum atomic E-state index is 12.6. The van der Waals surface area contributed by atoms with Gasteiger partial charge in [-0.2, -0.15) is 0 Å². The van der Waals surface area contributed by atoms with Crippen molar-refractivity contribution in [2.75, 3.05) is 7.11 Å². The Morgan fingerprint density at radius 2 is 1.66 bits per heavy atom. The van der Waals surface area contributed by atoms with Crippen molar-refractivity contribution in [3.8, 4) is 0 Å². The summed E-state index contributed by atoms with van der Waals surface area (Å²) in [5, 5.41) is 0. The number of hydrogen-bond donors (Lipinski definition) is 0. The summed E-state index contributed by atoms with van der Waals surface area (Å²) in [7, 11) is 1.22. The summed E-state index contributed by atoms with van der Waals surface area (Å²) in [5.74, 6) is 0.0353. The number of rotatable bonds is 4. The zero-order valence-electron chi connectivity index (χ0n) is 24.4. The fourth-order valence-corrected chi connectivity index (χ4v) is 9.28. The van der Waals surface area contributed by atoms with Crippen molar-refractivity contribution in [3.63, 3.8) is 0 Å². The average Bonchev–Trinajstić information content (AvgIpc) is 3.26. The van der Waals surface area contributed by atoms with Gasteiger partial charge in [0.2, 0.25) is 0 Å². The van der Waals surface area contributed by atoms with Gasteiger partial charge in [0.15, 0.2) is 0 Å². The van der Waals surface area contributed by atoms with Crippen molar-refractivity contribution < 1.29 is 19.1 Å². The van der Waals surface area contributed by atoms with Gasteiger partial charge in [0.25, 0.3) is 0 Å². The van der Waals surface area contributed by atoms with E-state index in [4.69, 9.17) is 4.74 Å². The van der Waals surface area contributed by atoms with Crippen LogP contribution < -0.4 is 0 Å². The molecule has 1 aromatic rings. The van der Waals surface area contributed by atoms with E-state index in [2.05, 4.69) is 52.4 Å². The monoisotopic (exact) mass is 518 g/mol. The van der Waals surface area contributed by atoms with Gasteiger partial charge in [-0.15, -0.1) is 0 Å². The van der Waals surface area contributed by atoms with Crippen LogP contribution in [0.4, 0.5) is 0 Å². The van der Waals surface area contributed by atoms with Crippen LogP contribution in [0.15, 0.2) is 53.1 Å². The maximum absolute atomic E-state index is 12.6. The quantitative estimate of drug-likeness (QED) is 0.299. The molecule has 38 heavy (non-hydrogen) atoms. The number of fused-ring (bicyclic) bond motifs is 4. The molecule has 7 unspecified atom stereocenters. The Hall–Kier alpha value is -2.36. The summed E-state index contributed by atoms with van der Waals surface area (Å²) in [5.41, 5.74) is 6.62. The van der Waals surface area contributed by atoms with Crippen molar-refractivity contribution >= 4 is 11.9 Å². The third kappa shape index (κ3) is 4.09. The lowest BCUT2D eigenvalue weighted by atomic mass is 9.45. The van der Waals surface area contributed by atoms with Crippen molar-refractivity contribution in [3.05, 3.63) is 58.7 Å². The number of carbonyl (C=O) groups excluding carboxylic acids is 2. The standard InChI is InChI=1S/C34H46O4/c1-21-17-19-34(6)27-18-20-33(5)25(14-15-26(33)24(27)13-16-28(34)32(21,3)4)22(2)29(23-11-9-8-10-12-23)38-31(36)30(35)37-7/h8-12,15,21-22,25,28-29H,13-14,16-20H2,1-7H3. The first-order chi connectivity index (χ1) is 17.9. The van der Waals surface area contributed by atoms with Crippen molar-refractivity contribution in [1.82, 2.24) is 0 Å². The highest BCUT2D eigenvalue weighted by atomic mass is 16.6. The van der Waals surface area contributed by atoms with Crippen LogP contribution in [0.3, 0.4) is 0 Å². The molecule has 4 heteroatoms. The van der Waals surface area contributed by atoms with Gasteiger partial charge in [-0.3, -0.25) is 0 Å². The summed E-state index contributed by atoms with van der Waals surface area (Å²) in [4.78, 5) is 24.5. The first-order valence-corrected chi connectivity index (χ1v) is 14.7. The van der Waals surface area contributed by atoms with E-state index < -0.39 is 18.0 Å². The molecule has 0 N–H and O–H groups in total. The molecule has 206 valence electrons. The number of allylic oxidation sites excluding steroid dienone is 4. The van der Waals surface area contributed by atoms with Gasteiger partial charge in [-0.25, -0.2) is 9.59 Å². The van der Waals surface area contributed by atoms with Gasteiger partial charge in [0.05, 0.1) is 7.11 Å². The van der Waals surface area contributed by atoms with Gasteiger partial charge >= 0.3 is 11.9 Å². The molecule has 7 atom stereocenters. The van der Waals surface area contributed by atoms with Gasteiger partial charge in [-0.1, -0.05) is 83.5 Å². The summed E-state index contributed by atoms with van der Waals surface area (Å²) < 4.78 is 10.5. The van der Waals surface area contributed by atoms with Crippen LogP contribution in [0, 0.1) is 39.9 Å². The molecule has 0 heterocycles. The van der Waals surface area contributed by atoms with E-state index in [1.807, 2.05) is 30.3 Å². The molecule has 4 nitrogen and oxygen atoms in total. The zero-order valence-corrected chi connectivity index (χ0v) is 24.4. The first-order valence-electron chi connectivity index (χ1n) is 14.7. The lowest BCUT2D eigenvalue weighted by molar-refractivity contribution is -0.172. The van der Waals surface area contributed by atoms with Crippen LogP contribution in [-0.4, -0.2) is 19.0 Å². The van der Waals surface area contributed by atoms with E-state index in [1.165, 1.54) is 39.2 Å². The minimum Gasteiger partial charge on any atom is -0.461 e. The smallest absolute Gasteiger partial charge is 0.418 e. The molecule has 0 saturated heterocycles. The molecule has 1 aromatic carbocycles. The molecule has 0 amide bonds. The molecule has 1 fully saturated rings. The van der Waals surface area contributed by atoms with Gasteiger partial charge < -0.3 is 9.47 Å². The Balaban J connectivity index is 1.46. The lowest BCUT2D eigenvalue weighted by Crippen LogP contribution is -2.50. The number of ether oxygens (including phenoxy) is 2. The highest BCUT2D eigenvalue weighted by molar-refractivity contribution is 6.29. The summed E-state index contributed by atoms with van der Waals surface area (Å²) in [6.07, 6.45) is 10.4. The molecule has 0 aliphatic heterocycles. The number of esters is 2. The highest BCUT2D eigenvalue weighted by Gasteiger charge is 2.57. The molecular weight excluding hydrogens is 472 g/mol. The minimum absolute atomic E-state index is 0.0453. The van der Waals surface area contributed by atoms with Crippen molar-refractivity contribution in [2.24, 2.45) is 39.9 Å². The molecular formula is C34H46O4. The largest absolute Gasteiger partial charge is 0.461 e. The van der Waals surface area contributed by atoms with E-state index in [0.717, 1.165) is 30.2 Å². The SMILES string of the molecule is COC(=O)C(=O)OC(c1ccccc1)C(C)C1CC=C2C3=C(CCC21C)C1(C)CCC(C)C(C)(C)C1CC3. The topological polar surface area (TPSA) is 52.6 Å². The van der Waals surface area contributed by atoms with Crippen LogP contribution in [0.1, 0.15) is 98.2 Å². The second-order valence-corrected chi connectivity index (χ2v) is 13.7. The molecule has 0 bridgehead atoms. The summed E-state index contributed by atoms with van der Waals surface area (Å²) in [6, 6.07) is 9.87. The van der Waals surface area contributed by atoms with Crippen molar-refractivity contribution in [1.29, 1.82) is 0 Å². The first kappa shape index (κ1) is 27.2. The predicted molar refractivity (Wildman–Crippen MR) is 150 cm³/mol. The summed E-state index contributed by atoms with van der Waals surface area (Å²) >= 11 is 0. The number of hydrogen-bond acceptors (Lipinski definition) is 4. The molecule has 4 aliphatic rings. The molecule has 0 radical (unpaired) electrons. The second kappa shape index (κ2) is 9.68. The number of benzene rings is 1. The number of carbonyl (C=O) groups is 2. The van der Waals surface area contributed by atoms with E-state index in [0.29, 0.717) is 16.7 Å².